The minimum Gasteiger partial charge on any atom is -0.368 e. The van der Waals surface area contributed by atoms with Crippen molar-refractivity contribution in [3.05, 3.63) is 28.8 Å². The van der Waals surface area contributed by atoms with Crippen LogP contribution in [0.5, 0.6) is 0 Å². The van der Waals surface area contributed by atoms with Gasteiger partial charge in [0.2, 0.25) is 0 Å². The van der Waals surface area contributed by atoms with Crippen molar-refractivity contribution in [2.75, 3.05) is 18.0 Å². The summed E-state index contributed by atoms with van der Waals surface area (Å²) in [6.45, 7) is 5.20. The maximum absolute atomic E-state index is 6.49. The van der Waals surface area contributed by atoms with Gasteiger partial charge in [-0.25, -0.2) is 0 Å². The first-order valence-electron chi connectivity index (χ1n) is 8.56. The van der Waals surface area contributed by atoms with Gasteiger partial charge in [0.1, 0.15) is 0 Å². The third-order valence-corrected chi connectivity index (χ3v) is 5.55. The second-order valence-corrected chi connectivity index (χ2v) is 6.87. The molecule has 2 atom stereocenters. The second kappa shape index (κ2) is 7.02. The molecule has 0 aromatic heterocycles. The molecule has 2 aliphatic rings. The topological polar surface area (TPSA) is 15.3 Å². The lowest BCUT2D eigenvalue weighted by Crippen LogP contribution is -2.47. The molecule has 3 rings (SSSR count). The maximum atomic E-state index is 6.49. The highest BCUT2D eigenvalue weighted by molar-refractivity contribution is 6.31. The molecule has 1 heterocycles. The number of nitrogens with zero attached hydrogens (tertiary/aromatic N) is 1. The zero-order chi connectivity index (χ0) is 14.7. The Morgan fingerprint density at radius 3 is 2.86 bits per heavy atom. The van der Waals surface area contributed by atoms with Gasteiger partial charge in [0.05, 0.1) is 0 Å². The van der Waals surface area contributed by atoms with Crippen LogP contribution in [0, 0.1) is 5.92 Å². The van der Waals surface area contributed by atoms with Gasteiger partial charge in [0.15, 0.2) is 0 Å². The van der Waals surface area contributed by atoms with Crippen molar-refractivity contribution in [3.63, 3.8) is 0 Å². The van der Waals surface area contributed by atoms with Crippen LogP contribution >= 0.6 is 11.6 Å². The van der Waals surface area contributed by atoms with Crippen LogP contribution in [0.4, 0.5) is 5.69 Å². The van der Waals surface area contributed by atoms with Crippen molar-refractivity contribution < 1.29 is 0 Å². The summed E-state index contributed by atoms with van der Waals surface area (Å²) in [6, 6.07) is 7.15. The molecule has 0 unspecified atom stereocenters. The summed E-state index contributed by atoms with van der Waals surface area (Å²) in [5.41, 5.74) is 2.66. The Kier molecular flexibility index (Phi) is 5.07. The number of hydrogen-bond acceptors (Lipinski definition) is 2. The van der Waals surface area contributed by atoms with Gasteiger partial charge >= 0.3 is 0 Å². The number of hydrogen-bond donors (Lipinski definition) is 1. The molecule has 1 aliphatic carbocycles. The van der Waals surface area contributed by atoms with Crippen LogP contribution < -0.4 is 10.2 Å². The highest BCUT2D eigenvalue weighted by Gasteiger charge is 2.34. The minimum atomic E-state index is 0.742. The molecule has 0 bridgehead atoms. The Bertz CT molecular complexity index is 472. The molecule has 1 aromatic carbocycles. The van der Waals surface area contributed by atoms with Crippen LogP contribution in [-0.2, 0) is 6.54 Å². The number of anilines is 1. The number of halogens is 1. The molecule has 1 saturated heterocycles. The van der Waals surface area contributed by atoms with Crippen LogP contribution in [0.3, 0.4) is 0 Å². The Morgan fingerprint density at radius 2 is 2.00 bits per heavy atom. The molecule has 2 fully saturated rings. The van der Waals surface area contributed by atoms with Crippen molar-refractivity contribution in [1.82, 2.24) is 5.32 Å². The molecule has 116 valence electrons. The lowest BCUT2D eigenvalue weighted by atomic mass is 9.78. The Labute approximate surface area is 133 Å². The van der Waals surface area contributed by atoms with E-state index in [1.807, 2.05) is 6.07 Å². The van der Waals surface area contributed by atoms with Gasteiger partial charge in [0, 0.05) is 35.4 Å². The first-order chi connectivity index (χ1) is 10.3. The van der Waals surface area contributed by atoms with Gasteiger partial charge < -0.3 is 10.2 Å². The summed E-state index contributed by atoms with van der Waals surface area (Å²) in [5.74, 6) is 0.901. The van der Waals surface area contributed by atoms with E-state index in [0.717, 1.165) is 30.1 Å². The van der Waals surface area contributed by atoms with Crippen LogP contribution in [-0.4, -0.2) is 19.1 Å². The van der Waals surface area contributed by atoms with E-state index in [1.54, 1.807) is 0 Å². The fourth-order valence-corrected chi connectivity index (χ4v) is 4.40. The van der Waals surface area contributed by atoms with Gasteiger partial charge in [-0.05, 0) is 50.3 Å². The predicted molar refractivity (Wildman–Crippen MR) is 91.2 cm³/mol. The predicted octanol–water partition coefficient (Wildman–Crippen LogP) is 4.61. The molecule has 1 saturated carbocycles. The molecule has 0 spiro atoms. The van der Waals surface area contributed by atoms with Crippen LogP contribution in [0.2, 0.25) is 5.02 Å². The largest absolute Gasteiger partial charge is 0.368 e. The lowest BCUT2D eigenvalue weighted by molar-refractivity contribution is 0.243. The van der Waals surface area contributed by atoms with E-state index < -0.39 is 0 Å². The summed E-state index contributed by atoms with van der Waals surface area (Å²) in [5, 5.41) is 4.35. The van der Waals surface area contributed by atoms with Crippen molar-refractivity contribution in [3.8, 4) is 0 Å². The minimum absolute atomic E-state index is 0.742. The number of piperidine rings is 1. The van der Waals surface area contributed by atoms with Crippen molar-refractivity contribution in [2.45, 2.75) is 58.0 Å². The van der Waals surface area contributed by atoms with E-state index in [0.29, 0.717) is 0 Å². The lowest BCUT2D eigenvalue weighted by Gasteiger charge is -2.46. The van der Waals surface area contributed by atoms with Crippen molar-refractivity contribution in [1.29, 1.82) is 0 Å². The molecule has 2 nitrogen and oxygen atoms in total. The molecule has 21 heavy (non-hydrogen) atoms. The summed E-state index contributed by atoms with van der Waals surface area (Å²) in [6.07, 6.45) is 8.34. The first kappa shape index (κ1) is 15.2. The number of nitrogens with one attached hydrogen (secondary N) is 1. The van der Waals surface area contributed by atoms with E-state index in [4.69, 9.17) is 11.6 Å². The van der Waals surface area contributed by atoms with E-state index in [-0.39, 0.29) is 0 Å². The van der Waals surface area contributed by atoms with E-state index in [2.05, 4.69) is 29.3 Å². The van der Waals surface area contributed by atoms with Gasteiger partial charge in [-0.15, -0.1) is 0 Å². The average Bonchev–Trinajstić information content (AvgIpc) is 2.53. The molecular weight excluding hydrogens is 280 g/mol. The molecule has 0 radical (unpaired) electrons. The standard InChI is InChI=1S/C18H27ClN2/c1-2-20-13-15-16(19)9-5-11-18(15)21-12-6-8-14-7-3-4-10-17(14)21/h5,9,11,14,17,20H,2-4,6-8,10,12-13H2,1H3/t14-,17-/m1/s1. The third-order valence-electron chi connectivity index (χ3n) is 5.20. The van der Waals surface area contributed by atoms with E-state index in [1.165, 1.54) is 56.3 Å². The maximum Gasteiger partial charge on any atom is 0.0471 e. The van der Waals surface area contributed by atoms with E-state index in [9.17, 15) is 0 Å². The van der Waals surface area contributed by atoms with Gasteiger partial charge in [-0.2, -0.15) is 0 Å². The number of benzene rings is 1. The van der Waals surface area contributed by atoms with Gasteiger partial charge in [-0.1, -0.05) is 37.4 Å². The number of fused-ring (bicyclic) bond motifs is 1. The van der Waals surface area contributed by atoms with Crippen molar-refractivity contribution >= 4 is 17.3 Å². The smallest absolute Gasteiger partial charge is 0.0471 e. The first-order valence-corrected chi connectivity index (χ1v) is 8.93. The molecule has 1 aliphatic heterocycles. The molecule has 1 aromatic rings. The molecular formula is C18H27ClN2. The van der Waals surface area contributed by atoms with Crippen molar-refractivity contribution in [2.24, 2.45) is 5.92 Å². The molecule has 3 heteroatoms. The summed E-state index contributed by atoms with van der Waals surface area (Å²) in [4.78, 5) is 2.67. The highest BCUT2D eigenvalue weighted by atomic mass is 35.5. The SMILES string of the molecule is CCNCc1c(Cl)cccc1N1CCC[C@H]2CCCC[C@H]21. The average molecular weight is 307 g/mol. The van der Waals surface area contributed by atoms with E-state index >= 15 is 0 Å². The Hall–Kier alpha value is -0.730. The zero-order valence-corrected chi connectivity index (χ0v) is 13.8. The monoisotopic (exact) mass is 306 g/mol. The normalized spacial score (nSPS) is 25.7. The number of rotatable bonds is 4. The van der Waals surface area contributed by atoms with Crippen LogP contribution in [0.15, 0.2) is 18.2 Å². The highest BCUT2D eigenvalue weighted by Crippen LogP contribution is 2.39. The zero-order valence-electron chi connectivity index (χ0n) is 13.1. The van der Waals surface area contributed by atoms with Crippen LogP contribution in [0.1, 0.15) is 51.0 Å². The fourth-order valence-electron chi connectivity index (χ4n) is 4.17. The Morgan fingerprint density at radius 1 is 1.19 bits per heavy atom. The molecule has 0 amide bonds. The summed E-state index contributed by atoms with van der Waals surface area (Å²) < 4.78 is 0. The second-order valence-electron chi connectivity index (χ2n) is 6.47. The van der Waals surface area contributed by atoms with Crippen LogP contribution in [0.25, 0.3) is 0 Å². The quantitative estimate of drug-likeness (QED) is 0.874. The Balaban J connectivity index is 1.89. The van der Waals surface area contributed by atoms with Gasteiger partial charge in [-0.3, -0.25) is 0 Å². The summed E-state index contributed by atoms with van der Waals surface area (Å²) in [7, 11) is 0. The fraction of sp³-hybridized carbons (Fsp3) is 0.667. The van der Waals surface area contributed by atoms with Gasteiger partial charge in [0.25, 0.3) is 0 Å². The third kappa shape index (κ3) is 3.22. The molecule has 1 N–H and O–H groups in total. The summed E-state index contributed by atoms with van der Waals surface area (Å²) >= 11 is 6.49.